The Morgan fingerprint density at radius 1 is 1.20 bits per heavy atom. The molecule has 15 heavy (non-hydrogen) atoms. The van der Waals surface area contributed by atoms with E-state index in [9.17, 15) is 4.79 Å². The fraction of sp³-hybridized carbons (Fsp3) is 0.364. The summed E-state index contributed by atoms with van der Waals surface area (Å²) >= 11 is 0. The van der Waals surface area contributed by atoms with E-state index in [1.54, 1.807) is 19.1 Å². The Kier molecular flexibility index (Phi) is 4.27. The van der Waals surface area contributed by atoms with Crippen LogP contribution in [0.1, 0.15) is 28.4 Å². The minimum Gasteiger partial charge on any atom is -0.462 e. The zero-order chi connectivity index (χ0) is 11.3. The zero-order valence-corrected chi connectivity index (χ0v) is 8.82. The van der Waals surface area contributed by atoms with Crippen LogP contribution in [0.3, 0.4) is 0 Å². The van der Waals surface area contributed by atoms with Crippen LogP contribution in [0, 0.1) is 0 Å². The lowest BCUT2D eigenvalue weighted by Crippen LogP contribution is -2.09. The summed E-state index contributed by atoms with van der Waals surface area (Å²) in [6, 6.07) is 5.36. The molecule has 1 rings (SSSR count). The third-order valence-corrected chi connectivity index (χ3v) is 2.04. The predicted molar refractivity (Wildman–Crippen MR) is 58.2 cm³/mol. The van der Waals surface area contributed by atoms with E-state index >= 15 is 0 Å². The van der Waals surface area contributed by atoms with Gasteiger partial charge in [0.15, 0.2) is 0 Å². The highest BCUT2D eigenvalue weighted by atomic mass is 16.5. The molecule has 0 saturated heterocycles. The minimum atomic E-state index is -0.331. The molecule has 4 N–H and O–H groups in total. The normalized spacial score (nSPS) is 10.1. The third-order valence-electron chi connectivity index (χ3n) is 2.04. The average molecular weight is 208 g/mol. The molecule has 0 unspecified atom stereocenters. The Hall–Kier alpha value is -1.39. The van der Waals surface area contributed by atoms with Crippen molar-refractivity contribution in [3.63, 3.8) is 0 Å². The Morgan fingerprint density at radius 2 is 1.73 bits per heavy atom. The van der Waals surface area contributed by atoms with Gasteiger partial charge in [0.1, 0.15) is 0 Å². The number of carbonyl (C=O) groups is 1. The van der Waals surface area contributed by atoms with E-state index in [1.165, 1.54) is 0 Å². The first kappa shape index (κ1) is 11.7. The highest BCUT2D eigenvalue weighted by molar-refractivity contribution is 5.89. The molecule has 0 bridgehead atoms. The van der Waals surface area contributed by atoms with Crippen molar-refractivity contribution < 1.29 is 9.53 Å². The van der Waals surface area contributed by atoms with Crippen molar-refractivity contribution in [2.24, 2.45) is 11.5 Å². The smallest absolute Gasteiger partial charge is 0.338 e. The Bertz CT molecular complexity index is 328. The number of nitrogens with two attached hydrogens (primary N) is 2. The zero-order valence-electron chi connectivity index (χ0n) is 8.82. The second-order valence-corrected chi connectivity index (χ2v) is 3.17. The van der Waals surface area contributed by atoms with Gasteiger partial charge in [-0.15, -0.1) is 0 Å². The molecule has 0 heterocycles. The van der Waals surface area contributed by atoms with Gasteiger partial charge in [0.05, 0.1) is 12.2 Å². The molecule has 0 fully saturated rings. The molecule has 1 aromatic carbocycles. The summed E-state index contributed by atoms with van der Waals surface area (Å²) in [6.45, 7) is 2.92. The quantitative estimate of drug-likeness (QED) is 0.717. The number of benzene rings is 1. The molecule has 0 amide bonds. The lowest BCUT2D eigenvalue weighted by Gasteiger charge is -2.06. The molecule has 82 valence electrons. The third kappa shape index (κ3) is 3.04. The van der Waals surface area contributed by atoms with E-state index < -0.39 is 0 Å². The molecule has 1 aromatic rings. The van der Waals surface area contributed by atoms with Gasteiger partial charge in [-0.05, 0) is 30.2 Å². The largest absolute Gasteiger partial charge is 0.462 e. The standard InChI is InChI=1S/C11H16N2O2/c1-2-15-11(14)10-4-8(6-12)3-9(5-10)7-13/h3-5H,2,6-7,12-13H2,1H3. The molecule has 0 aliphatic carbocycles. The van der Waals surface area contributed by atoms with E-state index in [0.29, 0.717) is 25.3 Å². The van der Waals surface area contributed by atoms with Crippen LogP contribution in [-0.2, 0) is 17.8 Å². The van der Waals surface area contributed by atoms with Gasteiger partial charge in [-0.2, -0.15) is 0 Å². The summed E-state index contributed by atoms with van der Waals surface area (Å²) in [5, 5.41) is 0. The number of ether oxygens (including phenoxy) is 1. The van der Waals surface area contributed by atoms with Gasteiger partial charge in [-0.25, -0.2) is 4.79 Å². The van der Waals surface area contributed by atoms with Crippen molar-refractivity contribution in [1.82, 2.24) is 0 Å². The van der Waals surface area contributed by atoms with Crippen molar-refractivity contribution >= 4 is 5.97 Å². The number of esters is 1. The number of hydrogen-bond acceptors (Lipinski definition) is 4. The summed E-state index contributed by atoms with van der Waals surface area (Å²) in [7, 11) is 0. The summed E-state index contributed by atoms with van der Waals surface area (Å²) in [5.74, 6) is -0.331. The fourth-order valence-electron chi connectivity index (χ4n) is 1.33. The first-order valence-electron chi connectivity index (χ1n) is 4.91. The van der Waals surface area contributed by atoms with Crippen LogP contribution in [-0.4, -0.2) is 12.6 Å². The first-order valence-corrected chi connectivity index (χ1v) is 4.91. The molecule has 4 nitrogen and oxygen atoms in total. The summed E-state index contributed by atoms with van der Waals surface area (Å²) < 4.78 is 4.91. The maximum absolute atomic E-state index is 11.5. The molecular weight excluding hydrogens is 192 g/mol. The maximum atomic E-state index is 11.5. The van der Waals surface area contributed by atoms with Crippen LogP contribution in [0.4, 0.5) is 0 Å². The van der Waals surface area contributed by atoms with Crippen molar-refractivity contribution in [1.29, 1.82) is 0 Å². The van der Waals surface area contributed by atoms with Crippen LogP contribution in [0.15, 0.2) is 18.2 Å². The molecule has 4 heteroatoms. The highest BCUT2D eigenvalue weighted by Gasteiger charge is 2.08. The van der Waals surface area contributed by atoms with E-state index in [1.807, 2.05) is 6.07 Å². The van der Waals surface area contributed by atoms with Crippen LogP contribution in [0.5, 0.6) is 0 Å². The SMILES string of the molecule is CCOC(=O)c1cc(CN)cc(CN)c1. The van der Waals surface area contributed by atoms with Crippen molar-refractivity contribution in [3.8, 4) is 0 Å². The van der Waals surface area contributed by atoms with Crippen LogP contribution in [0.2, 0.25) is 0 Å². The van der Waals surface area contributed by atoms with Crippen molar-refractivity contribution in [2.45, 2.75) is 20.0 Å². The summed E-state index contributed by atoms with van der Waals surface area (Å²) in [6.07, 6.45) is 0. The van der Waals surface area contributed by atoms with E-state index in [4.69, 9.17) is 16.2 Å². The van der Waals surface area contributed by atoms with Gasteiger partial charge in [0.25, 0.3) is 0 Å². The van der Waals surface area contributed by atoms with Gasteiger partial charge < -0.3 is 16.2 Å². The monoisotopic (exact) mass is 208 g/mol. The van der Waals surface area contributed by atoms with E-state index in [0.717, 1.165) is 11.1 Å². The minimum absolute atomic E-state index is 0.331. The first-order chi connectivity index (χ1) is 7.21. The molecule has 0 aliphatic rings. The van der Waals surface area contributed by atoms with E-state index in [2.05, 4.69) is 0 Å². The van der Waals surface area contributed by atoms with Crippen molar-refractivity contribution in [2.75, 3.05) is 6.61 Å². The van der Waals surface area contributed by atoms with Gasteiger partial charge in [0, 0.05) is 13.1 Å². The molecule has 0 aromatic heterocycles. The predicted octanol–water partition coefficient (Wildman–Crippen LogP) is 0.781. The van der Waals surface area contributed by atoms with Crippen LogP contribution >= 0.6 is 0 Å². The maximum Gasteiger partial charge on any atom is 0.338 e. The highest BCUT2D eigenvalue weighted by Crippen LogP contribution is 2.11. The molecule has 0 spiro atoms. The summed E-state index contributed by atoms with van der Waals surface area (Å²) in [4.78, 5) is 11.5. The topological polar surface area (TPSA) is 78.3 Å². The van der Waals surface area contributed by atoms with Gasteiger partial charge in [-0.1, -0.05) is 6.07 Å². The molecular formula is C11H16N2O2. The van der Waals surface area contributed by atoms with Crippen molar-refractivity contribution in [3.05, 3.63) is 34.9 Å². The van der Waals surface area contributed by atoms with Crippen LogP contribution in [0.25, 0.3) is 0 Å². The molecule has 0 atom stereocenters. The summed E-state index contributed by atoms with van der Waals surface area (Å²) in [5.41, 5.74) is 13.3. The second-order valence-electron chi connectivity index (χ2n) is 3.17. The Morgan fingerprint density at radius 3 is 2.13 bits per heavy atom. The van der Waals surface area contributed by atoms with Gasteiger partial charge in [-0.3, -0.25) is 0 Å². The molecule has 0 radical (unpaired) electrons. The number of rotatable bonds is 4. The molecule has 0 aliphatic heterocycles. The second kappa shape index (κ2) is 5.48. The Balaban J connectivity index is 3.01. The lowest BCUT2D eigenvalue weighted by molar-refractivity contribution is 0.0526. The molecule has 0 saturated carbocycles. The number of carbonyl (C=O) groups excluding carboxylic acids is 1. The average Bonchev–Trinajstić information content (AvgIpc) is 2.28. The van der Waals surface area contributed by atoms with Crippen LogP contribution < -0.4 is 11.5 Å². The van der Waals surface area contributed by atoms with E-state index in [-0.39, 0.29) is 5.97 Å². The van der Waals surface area contributed by atoms with Gasteiger partial charge >= 0.3 is 5.97 Å². The fourth-order valence-corrected chi connectivity index (χ4v) is 1.33. The number of hydrogen-bond donors (Lipinski definition) is 2. The lowest BCUT2D eigenvalue weighted by atomic mass is 10.1. The Labute approximate surface area is 89.2 Å². The van der Waals surface area contributed by atoms with Gasteiger partial charge in [0.2, 0.25) is 0 Å².